The lowest BCUT2D eigenvalue weighted by atomic mass is 9.79. The maximum atomic E-state index is 10.1. The number of rotatable bonds is 3. The SMILES string of the molecule is OCC1[C@H]2CC(CC3CC(Cl)C(Cl)CC3O)C[C@@H]12. The molecule has 0 bridgehead atoms. The minimum absolute atomic E-state index is 0.0150. The second-order valence-corrected chi connectivity index (χ2v) is 7.70. The summed E-state index contributed by atoms with van der Waals surface area (Å²) in [6, 6.07) is 0. The highest BCUT2D eigenvalue weighted by atomic mass is 35.5. The highest BCUT2D eigenvalue weighted by Crippen LogP contribution is 2.60. The van der Waals surface area contributed by atoms with Crippen molar-refractivity contribution in [3.63, 3.8) is 0 Å². The van der Waals surface area contributed by atoms with E-state index in [1.54, 1.807) is 0 Å². The van der Waals surface area contributed by atoms with Gasteiger partial charge in [-0.15, -0.1) is 23.2 Å². The minimum atomic E-state index is -0.270. The molecule has 0 spiro atoms. The van der Waals surface area contributed by atoms with Gasteiger partial charge in [-0.1, -0.05) is 0 Å². The van der Waals surface area contributed by atoms with Gasteiger partial charge in [0.1, 0.15) is 0 Å². The fourth-order valence-electron chi connectivity index (χ4n) is 4.40. The lowest BCUT2D eigenvalue weighted by Gasteiger charge is -2.35. The van der Waals surface area contributed by atoms with Gasteiger partial charge in [-0.2, -0.15) is 0 Å². The molecule has 0 saturated heterocycles. The van der Waals surface area contributed by atoms with Gasteiger partial charge in [0.15, 0.2) is 0 Å². The van der Waals surface area contributed by atoms with Crippen LogP contribution in [0.5, 0.6) is 0 Å². The van der Waals surface area contributed by atoms with E-state index in [4.69, 9.17) is 28.3 Å². The van der Waals surface area contributed by atoms with Gasteiger partial charge in [-0.05, 0) is 61.7 Å². The van der Waals surface area contributed by atoms with Crippen molar-refractivity contribution < 1.29 is 10.2 Å². The summed E-state index contributed by atoms with van der Waals surface area (Å²) in [6.07, 6.45) is 4.81. The molecule has 6 unspecified atom stereocenters. The summed E-state index contributed by atoms with van der Waals surface area (Å²) in [4.78, 5) is 0. The van der Waals surface area contributed by atoms with Gasteiger partial charge >= 0.3 is 0 Å². The van der Waals surface area contributed by atoms with E-state index in [9.17, 15) is 5.11 Å². The number of aliphatic hydroxyl groups excluding tert-OH is 2. The first-order valence-corrected chi connectivity index (χ1v) is 8.04. The van der Waals surface area contributed by atoms with Crippen LogP contribution < -0.4 is 0 Å². The molecule has 0 aromatic carbocycles. The van der Waals surface area contributed by atoms with Crippen LogP contribution >= 0.6 is 23.2 Å². The van der Waals surface area contributed by atoms with Gasteiger partial charge in [0.2, 0.25) is 0 Å². The Hall–Kier alpha value is 0.500. The summed E-state index contributed by atoms with van der Waals surface area (Å²) in [7, 11) is 0. The molecule has 0 aromatic heterocycles. The Morgan fingerprint density at radius 1 is 0.944 bits per heavy atom. The largest absolute Gasteiger partial charge is 0.396 e. The molecule has 3 aliphatic carbocycles. The summed E-state index contributed by atoms with van der Waals surface area (Å²) < 4.78 is 0. The summed E-state index contributed by atoms with van der Waals surface area (Å²) in [5.74, 6) is 3.20. The van der Waals surface area contributed by atoms with E-state index in [1.165, 1.54) is 12.8 Å². The summed E-state index contributed by atoms with van der Waals surface area (Å²) >= 11 is 12.3. The van der Waals surface area contributed by atoms with Crippen LogP contribution in [0.2, 0.25) is 0 Å². The van der Waals surface area contributed by atoms with Crippen molar-refractivity contribution >= 4 is 23.2 Å². The van der Waals surface area contributed by atoms with Gasteiger partial charge in [-0.3, -0.25) is 0 Å². The Morgan fingerprint density at radius 3 is 2.17 bits per heavy atom. The normalized spacial score (nSPS) is 55.3. The molecular weight excluding hydrogens is 271 g/mol. The number of halogens is 2. The second kappa shape index (κ2) is 5.12. The van der Waals surface area contributed by atoms with E-state index >= 15 is 0 Å². The van der Waals surface area contributed by atoms with E-state index in [2.05, 4.69) is 0 Å². The van der Waals surface area contributed by atoms with Gasteiger partial charge in [-0.25, -0.2) is 0 Å². The van der Waals surface area contributed by atoms with Crippen LogP contribution in [0.4, 0.5) is 0 Å². The molecule has 2 nitrogen and oxygen atoms in total. The van der Waals surface area contributed by atoms with Crippen LogP contribution in [0.15, 0.2) is 0 Å². The predicted molar refractivity (Wildman–Crippen MR) is 72.9 cm³/mol. The number of hydrogen-bond donors (Lipinski definition) is 2. The maximum absolute atomic E-state index is 10.1. The molecule has 0 heterocycles. The number of alkyl halides is 2. The molecule has 3 rings (SSSR count). The lowest BCUT2D eigenvalue weighted by Crippen LogP contribution is -2.37. The van der Waals surface area contributed by atoms with Crippen LogP contribution in [0.25, 0.3) is 0 Å². The number of fused-ring (bicyclic) bond motifs is 1. The molecule has 2 N–H and O–H groups in total. The summed E-state index contributed by atoms with van der Waals surface area (Å²) in [5.41, 5.74) is 0. The number of aliphatic hydroxyl groups is 2. The molecule has 0 aromatic rings. The fourth-order valence-corrected chi connectivity index (χ4v) is 5.02. The Kier molecular flexibility index (Phi) is 3.84. The maximum Gasteiger partial charge on any atom is 0.0583 e. The standard InChI is InChI=1S/C14H22Cl2O2/c15-12-4-8(14(18)5-13(12)16)1-7-2-9-10(3-7)11(9)6-17/h7-14,17-18H,1-6H2/t7?,8?,9-,10+,11?,12?,13?,14?. The third kappa shape index (κ3) is 2.42. The van der Waals surface area contributed by atoms with Crippen molar-refractivity contribution in [1.29, 1.82) is 0 Å². The Morgan fingerprint density at radius 2 is 1.56 bits per heavy atom. The molecule has 3 fully saturated rings. The third-order valence-electron chi connectivity index (χ3n) is 5.50. The quantitative estimate of drug-likeness (QED) is 0.785. The molecule has 104 valence electrons. The van der Waals surface area contributed by atoms with Crippen molar-refractivity contribution in [3.05, 3.63) is 0 Å². The molecule has 0 radical (unpaired) electrons. The van der Waals surface area contributed by atoms with Crippen LogP contribution in [0.3, 0.4) is 0 Å². The van der Waals surface area contributed by atoms with Crippen molar-refractivity contribution in [1.82, 2.24) is 0 Å². The smallest absolute Gasteiger partial charge is 0.0583 e. The average Bonchev–Trinajstić information content (AvgIpc) is 2.80. The zero-order valence-corrected chi connectivity index (χ0v) is 12.0. The zero-order valence-electron chi connectivity index (χ0n) is 10.5. The molecule has 3 aliphatic rings. The van der Waals surface area contributed by atoms with E-state index in [0.29, 0.717) is 24.9 Å². The van der Waals surface area contributed by atoms with Gasteiger partial charge in [0, 0.05) is 6.61 Å². The molecular formula is C14H22Cl2O2. The van der Waals surface area contributed by atoms with Crippen molar-refractivity contribution in [2.75, 3.05) is 6.61 Å². The first-order valence-electron chi connectivity index (χ1n) is 7.17. The van der Waals surface area contributed by atoms with Crippen molar-refractivity contribution in [3.8, 4) is 0 Å². The molecule has 4 heteroatoms. The lowest BCUT2D eigenvalue weighted by molar-refractivity contribution is 0.0575. The summed E-state index contributed by atoms with van der Waals surface area (Å²) in [5, 5.41) is 19.2. The number of hydrogen-bond acceptors (Lipinski definition) is 2. The predicted octanol–water partition coefficient (Wildman–Crippen LogP) is 2.63. The zero-order chi connectivity index (χ0) is 12.9. The second-order valence-electron chi connectivity index (χ2n) is 6.58. The van der Waals surface area contributed by atoms with Gasteiger partial charge in [0.05, 0.1) is 16.9 Å². The summed E-state index contributed by atoms with van der Waals surface area (Å²) in [6.45, 7) is 0.367. The van der Waals surface area contributed by atoms with Crippen LogP contribution in [-0.4, -0.2) is 33.7 Å². The van der Waals surface area contributed by atoms with E-state index in [0.717, 1.165) is 30.6 Å². The fraction of sp³-hybridized carbons (Fsp3) is 1.00. The van der Waals surface area contributed by atoms with E-state index < -0.39 is 0 Å². The minimum Gasteiger partial charge on any atom is -0.396 e. The van der Waals surface area contributed by atoms with Crippen LogP contribution in [-0.2, 0) is 0 Å². The molecule has 0 aliphatic heterocycles. The molecule has 3 saturated carbocycles. The van der Waals surface area contributed by atoms with E-state index in [1.807, 2.05) is 0 Å². The van der Waals surface area contributed by atoms with Crippen LogP contribution in [0, 0.1) is 29.6 Å². The van der Waals surface area contributed by atoms with Crippen LogP contribution in [0.1, 0.15) is 32.1 Å². The topological polar surface area (TPSA) is 40.5 Å². The first kappa shape index (κ1) is 13.5. The highest BCUT2D eigenvalue weighted by molar-refractivity contribution is 6.30. The highest BCUT2D eigenvalue weighted by Gasteiger charge is 2.55. The third-order valence-corrected chi connectivity index (χ3v) is 6.59. The van der Waals surface area contributed by atoms with E-state index in [-0.39, 0.29) is 16.9 Å². The Labute approximate surface area is 119 Å². The van der Waals surface area contributed by atoms with Gasteiger partial charge in [0.25, 0.3) is 0 Å². The van der Waals surface area contributed by atoms with Gasteiger partial charge < -0.3 is 10.2 Å². The first-order chi connectivity index (χ1) is 8.60. The molecule has 8 atom stereocenters. The molecule has 18 heavy (non-hydrogen) atoms. The molecule has 0 amide bonds. The Balaban J connectivity index is 1.49. The van der Waals surface area contributed by atoms with Crippen molar-refractivity contribution in [2.24, 2.45) is 29.6 Å². The van der Waals surface area contributed by atoms with Crippen molar-refractivity contribution in [2.45, 2.75) is 49.0 Å². The Bertz CT molecular complexity index is 300. The monoisotopic (exact) mass is 292 g/mol. The average molecular weight is 293 g/mol.